The van der Waals surface area contributed by atoms with Crippen LogP contribution in [0.4, 0.5) is 0 Å². The second-order valence-corrected chi connectivity index (χ2v) is 5.16. The van der Waals surface area contributed by atoms with Gasteiger partial charge in [-0.2, -0.15) is 0 Å². The molecule has 1 aliphatic carbocycles. The molecule has 2 heteroatoms. The lowest BCUT2D eigenvalue weighted by molar-refractivity contribution is -0.122. The summed E-state index contributed by atoms with van der Waals surface area (Å²) in [6, 6.07) is 0. The van der Waals surface area contributed by atoms with Crippen LogP contribution in [-0.4, -0.2) is 10.6 Å². The van der Waals surface area contributed by atoms with Gasteiger partial charge in [0.15, 0.2) is 0 Å². The van der Waals surface area contributed by atoms with Gasteiger partial charge in [0.2, 0.25) is 0 Å². The van der Waals surface area contributed by atoms with Crippen LogP contribution >= 0.6 is 15.9 Å². The predicted octanol–water partition coefficient (Wildman–Crippen LogP) is 3.33. The zero-order valence-electron chi connectivity index (χ0n) is 8.13. The molecule has 0 aliphatic heterocycles. The Labute approximate surface area is 88.7 Å². The molecule has 74 valence electrons. The number of rotatable bonds is 2. The van der Waals surface area contributed by atoms with E-state index in [4.69, 9.17) is 0 Å². The summed E-state index contributed by atoms with van der Waals surface area (Å²) in [5.41, 5.74) is 0. The van der Waals surface area contributed by atoms with Crippen LogP contribution in [0.1, 0.15) is 32.6 Å². The van der Waals surface area contributed by atoms with Crippen LogP contribution in [-0.2, 0) is 4.79 Å². The molecule has 0 N–H and O–H groups in total. The summed E-state index contributed by atoms with van der Waals surface area (Å²) in [7, 11) is 0. The van der Waals surface area contributed by atoms with Crippen molar-refractivity contribution < 1.29 is 4.79 Å². The number of alkyl halides is 1. The molecular weight excluding hydrogens is 228 g/mol. The van der Waals surface area contributed by atoms with Crippen LogP contribution in [0.25, 0.3) is 0 Å². The lowest BCUT2D eigenvalue weighted by atomic mass is 9.85. The molecule has 0 bridgehead atoms. The number of carbonyl (C=O) groups is 1. The van der Waals surface area contributed by atoms with Gasteiger partial charge in [-0.1, -0.05) is 22.0 Å². The fourth-order valence-electron chi connectivity index (χ4n) is 2.08. The molecule has 0 aromatic rings. The minimum atomic E-state index is 0.222. The Kier molecular flexibility index (Phi) is 4.17. The molecule has 1 aliphatic rings. The highest BCUT2D eigenvalue weighted by Crippen LogP contribution is 2.32. The minimum Gasteiger partial charge on any atom is -0.300 e. The van der Waals surface area contributed by atoms with Gasteiger partial charge < -0.3 is 0 Å². The average molecular weight is 245 g/mol. The van der Waals surface area contributed by atoms with Crippen molar-refractivity contribution in [1.82, 2.24) is 0 Å². The molecule has 13 heavy (non-hydrogen) atoms. The predicted molar refractivity (Wildman–Crippen MR) is 59.0 cm³/mol. The molecule has 0 amide bonds. The standard InChI is InChI=1S/C11H17BrO/c1-3-9-4-5-10(12)6-7-11(9)8(2)13/h3,9-11H,1,4-7H2,2H3/t9-,10?,11?/m0/s1. The van der Waals surface area contributed by atoms with Gasteiger partial charge in [0, 0.05) is 10.7 Å². The first-order valence-corrected chi connectivity index (χ1v) is 5.83. The maximum Gasteiger partial charge on any atom is 0.133 e. The number of hydrogen-bond donors (Lipinski definition) is 0. The van der Waals surface area contributed by atoms with Crippen molar-refractivity contribution in [1.29, 1.82) is 0 Å². The molecule has 3 atom stereocenters. The lowest BCUT2D eigenvalue weighted by Gasteiger charge is -2.18. The SMILES string of the molecule is C=C[C@H]1CCC(Br)CCC1C(C)=O. The summed E-state index contributed by atoms with van der Waals surface area (Å²) >= 11 is 3.63. The van der Waals surface area contributed by atoms with E-state index in [9.17, 15) is 4.79 Å². The van der Waals surface area contributed by atoms with Crippen molar-refractivity contribution in [3.05, 3.63) is 12.7 Å². The molecule has 0 saturated heterocycles. The molecular formula is C11H17BrO. The van der Waals surface area contributed by atoms with Crippen molar-refractivity contribution in [3.8, 4) is 0 Å². The lowest BCUT2D eigenvalue weighted by Crippen LogP contribution is -2.18. The van der Waals surface area contributed by atoms with E-state index >= 15 is 0 Å². The molecule has 2 unspecified atom stereocenters. The van der Waals surface area contributed by atoms with Crippen LogP contribution < -0.4 is 0 Å². The number of ketones is 1. The smallest absolute Gasteiger partial charge is 0.133 e. The molecule has 0 heterocycles. The third kappa shape index (κ3) is 2.94. The zero-order valence-corrected chi connectivity index (χ0v) is 9.72. The summed E-state index contributed by atoms with van der Waals surface area (Å²) in [5, 5.41) is 0. The van der Waals surface area contributed by atoms with E-state index in [-0.39, 0.29) is 5.92 Å². The fraction of sp³-hybridized carbons (Fsp3) is 0.727. The Hall–Kier alpha value is -0.110. The Morgan fingerprint density at radius 1 is 1.38 bits per heavy atom. The summed E-state index contributed by atoms with van der Waals surface area (Å²) < 4.78 is 0. The third-order valence-corrected chi connectivity index (χ3v) is 3.86. The van der Waals surface area contributed by atoms with Gasteiger partial charge >= 0.3 is 0 Å². The van der Waals surface area contributed by atoms with Crippen LogP contribution in [0.5, 0.6) is 0 Å². The van der Waals surface area contributed by atoms with Crippen LogP contribution in [0.3, 0.4) is 0 Å². The molecule has 0 radical (unpaired) electrons. The van der Waals surface area contributed by atoms with Crippen molar-refractivity contribution in [2.24, 2.45) is 11.8 Å². The average Bonchev–Trinajstić information content (AvgIpc) is 2.26. The first-order chi connectivity index (χ1) is 6.15. The Morgan fingerprint density at radius 2 is 2.00 bits per heavy atom. The molecule has 0 aromatic heterocycles. The van der Waals surface area contributed by atoms with Crippen molar-refractivity contribution >= 4 is 21.7 Å². The van der Waals surface area contributed by atoms with Crippen molar-refractivity contribution in [3.63, 3.8) is 0 Å². The Bertz CT molecular complexity index is 200. The highest BCUT2D eigenvalue weighted by Gasteiger charge is 2.27. The molecule has 1 fully saturated rings. The van der Waals surface area contributed by atoms with Gasteiger partial charge in [0.1, 0.15) is 5.78 Å². The van der Waals surface area contributed by atoms with Gasteiger partial charge in [0.25, 0.3) is 0 Å². The molecule has 1 nitrogen and oxygen atoms in total. The molecule has 1 rings (SSSR count). The first kappa shape index (κ1) is 11.0. The largest absolute Gasteiger partial charge is 0.300 e. The first-order valence-electron chi connectivity index (χ1n) is 4.92. The second kappa shape index (κ2) is 4.94. The van der Waals surface area contributed by atoms with E-state index < -0.39 is 0 Å². The maximum absolute atomic E-state index is 11.4. The fourth-order valence-corrected chi connectivity index (χ4v) is 2.61. The Morgan fingerprint density at radius 3 is 2.54 bits per heavy atom. The summed E-state index contributed by atoms with van der Waals surface area (Å²) in [6.07, 6.45) is 6.36. The third-order valence-electron chi connectivity index (χ3n) is 2.95. The van der Waals surface area contributed by atoms with Crippen molar-refractivity contribution in [2.75, 3.05) is 0 Å². The monoisotopic (exact) mass is 244 g/mol. The number of halogens is 1. The summed E-state index contributed by atoms with van der Waals surface area (Å²) in [4.78, 5) is 12.0. The minimum absolute atomic E-state index is 0.222. The number of allylic oxidation sites excluding steroid dienone is 1. The molecule has 0 aromatic carbocycles. The highest BCUT2D eigenvalue weighted by molar-refractivity contribution is 9.09. The van der Waals surface area contributed by atoms with E-state index in [1.165, 1.54) is 6.42 Å². The van der Waals surface area contributed by atoms with E-state index in [1.54, 1.807) is 6.92 Å². The van der Waals surface area contributed by atoms with Gasteiger partial charge in [-0.3, -0.25) is 4.79 Å². The number of Topliss-reactive ketones (excluding diaryl/α,β-unsaturated/α-hetero) is 1. The maximum atomic E-state index is 11.4. The van der Waals surface area contributed by atoms with Gasteiger partial charge in [-0.05, 0) is 38.5 Å². The molecule has 1 saturated carbocycles. The zero-order chi connectivity index (χ0) is 9.84. The Balaban J connectivity index is 2.67. The van der Waals surface area contributed by atoms with Crippen LogP contribution in [0, 0.1) is 11.8 Å². The van der Waals surface area contributed by atoms with E-state index in [2.05, 4.69) is 22.5 Å². The number of hydrogen-bond acceptors (Lipinski definition) is 1. The van der Waals surface area contributed by atoms with E-state index in [0.717, 1.165) is 19.3 Å². The second-order valence-electron chi connectivity index (χ2n) is 3.87. The summed E-state index contributed by atoms with van der Waals surface area (Å²) in [6.45, 7) is 5.52. The van der Waals surface area contributed by atoms with Crippen LogP contribution in [0.2, 0.25) is 0 Å². The number of carbonyl (C=O) groups excluding carboxylic acids is 1. The van der Waals surface area contributed by atoms with Crippen LogP contribution in [0.15, 0.2) is 12.7 Å². The molecule has 0 spiro atoms. The topological polar surface area (TPSA) is 17.1 Å². The summed E-state index contributed by atoms with van der Waals surface area (Å²) in [5.74, 6) is 0.951. The highest BCUT2D eigenvalue weighted by atomic mass is 79.9. The van der Waals surface area contributed by atoms with Gasteiger partial charge in [0.05, 0.1) is 0 Å². The quantitative estimate of drug-likeness (QED) is 0.414. The van der Waals surface area contributed by atoms with Crippen molar-refractivity contribution in [2.45, 2.75) is 37.4 Å². The normalized spacial score (nSPS) is 35.1. The van der Waals surface area contributed by atoms with E-state index in [1.807, 2.05) is 6.08 Å². The van der Waals surface area contributed by atoms with Gasteiger partial charge in [-0.25, -0.2) is 0 Å². The van der Waals surface area contributed by atoms with E-state index in [0.29, 0.717) is 16.5 Å². The van der Waals surface area contributed by atoms with Gasteiger partial charge in [-0.15, -0.1) is 6.58 Å².